The number of benzene rings is 1. The van der Waals surface area contributed by atoms with Gasteiger partial charge in [-0.3, -0.25) is 4.79 Å². The van der Waals surface area contributed by atoms with Gasteiger partial charge >= 0.3 is 12.1 Å². The third-order valence-corrected chi connectivity index (χ3v) is 12.5. The minimum Gasteiger partial charge on any atom is -0.461 e. The summed E-state index contributed by atoms with van der Waals surface area (Å²) in [6, 6.07) is 6.53. The Kier molecular flexibility index (Phi) is 9.64. The Morgan fingerprint density at radius 3 is 2.48 bits per heavy atom. The highest BCUT2D eigenvalue weighted by Crippen LogP contribution is 2.63. The Labute approximate surface area is 265 Å². The van der Waals surface area contributed by atoms with E-state index in [1.165, 1.54) is 49.9 Å². The van der Waals surface area contributed by atoms with Gasteiger partial charge < -0.3 is 25.0 Å². The number of hydrogen-bond acceptors (Lipinski definition) is 6. The van der Waals surface area contributed by atoms with Gasteiger partial charge in [0.05, 0.1) is 0 Å². The van der Waals surface area contributed by atoms with Crippen molar-refractivity contribution in [3.63, 3.8) is 0 Å². The fourth-order valence-corrected chi connectivity index (χ4v) is 9.98. The maximum absolute atomic E-state index is 13.2. The van der Waals surface area contributed by atoms with Gasteiger partial charge in [0.2, 0.25) is 0 Å². The number of nitrogens with two attached hydrogens (primary N) is 1. The van der Waals surface area contributed by atoms with E-state index < -0.39 is 6.04 Å². The molecule has 7 atom stereocenters. The zero-order chi connectivity index (χ0) is 31.0. The topological polar surface area (TPSA) is 85.1 Å². The average molecular weight is 608 g/mol. The number of esters is 1. The van der Waals surface area contributed by atoms with Crippen LogP contribution in [0.15, 0.2) is 18.2 Å². The molecular weight excluding hydrogens is 550 g/mol. The third kappa shape index (κ3) is 6.17. The quantitative estimate of drug-likeness (QED) is 0.339. The zero-order valence-corrected chi connectivity index (χ0v) is 27.8. The molecule has 0 aromatic heterocycles. The minimum absolute atomic E-state index is 0.00788. The van der Waals surface area contributed by atoms with Crippen LogP contribution in [0.4, 0.5) is 4.79 Å². The van der Waals surface area contributed by atoms with Crippen LogP contribution in [0.25, 0.3) is 0 Å². The van der Waals surface area contributed by atoms with Crippen LogP contribution in [-0.2, 0) is 16.0 Å². The van der Waals surface area contributed by atoms with E-state index in [2.05, 4.69) is 30.9 Å². The van der Waals surface area contributed by atoms with Crippen LogP contribution < -0.4 is 10.5 Å². The van der Waals surface area contributed by atoms with Crippen molar-refractivity contribution >= 4 is 12.1 Å². The van der Waals surface area contributed by atoms with Crippen molar-refractivity contribution in [3.05, 3.63) is 29.3 Å². The van der Waals surface area contributed by atoms with E-state index in [1.54, 1.807) is 0 Å². The maximum Gasteiger partial charge on any atom is 0.415 e. The summed E-state index contributed by atoms with van der Waals surface area (Å²) >= 11 is 0. The molecule has 0 radical (unpaired) electrons. The van der Waals surface area contributed by atoms with E-state index in [0.29, 0.717) is 35.5 Å². The van der Waals surface area contributed by atoms with E-state index in [4.69, 9.17) is 15.2 Å². The van der Waals surface area contributed by atoms with Crippen LogP contribution >= 0.6 is 0 Å². The van der Waals surface area contributed by atoms with Gasteiger partial charge in [-0.15, -0.1) is 0 Å². The van der Waals surface area contributed by atoms with Crippen molar-refractivity contribution in [1.29, 1.82) is 0 Å². The monoisotopic (exact) mass is 607 g/mol. The lowest BCUT2D eigenvalue weighted by Gasteiger charge is -2.53. The lowest BCUT2D eigenvalue weighted by Crippen LogP contribution is -2.49. The highest BCUT2D eigenvalue weighted by atomic mass is 16.6. The van der Waals surface area contributed by atoms with E-state index in [-0.39, 0.29) is 29.5 Å². The first kappa shape index (κ1) is 31.8. The van der Waals surface area contributed by atoms with Crippen LogP contribution in [0, 0.1) is 29.1 Å². The second-order valence-electron chi connectivity index (χ2n) is 15.4. The maximum atomic E-state index is 13.2. The molecule has 2 saturated carbocycles. The summed E-state index contributed by atoms with van der Waals surface area (Å²) in [5.41, 5.74) is 9.01. The molecule has 1 aromatic carbocycles. The van der Waals surface area contributed by atoms with Crippen LogP contribution in [-0.4, -0.2) is 66.2 Å². The van der Waals surface area contributed by atoms with E-state index in [9.17, 15) is 9.59 Å². The van der Waals surface area contributed by atoms with Gasteiger partial charge in [0, 0.05) is 24.5 Å². The van der Waals surface area contributed by atoms with E-state index in [1.807, 2.05) is 24.8 Å². The molecule has 1 amide bonds. The van der Waals surface area contributed by atoms with Gasteiger partial charge in [0.1, 0.15) is 17.9 Å². The molecule has 5 aliphatic rings. The van der Waals surface area contributed by atoms with Crippen molar-refractivity contribution < 1.29 is 19.1 Å². The first-order valence-electron chi connectivity index (χ1n) is 18.0. The standard InChI is InChI=1S/C37H57N3O4/c1-5-9-25-22-26-23-28(43-36(42)40-20-15-27(16-21-40)39-18-7-6-8-19-39)10-11-29(26)30-14-17-37(4)31(33(25)30)12-13-32(37)44-35(41)34(38)24(2)3/h10-11,23-25,27,30-34H,5-9,12-22,38H2,1-4H3/t25-,30-,31+,32+,33-,34-,37+/m1/s1. The van der Waals surface area contributed by atoms with Gasteiger partial charge in [0.15, 0.2) is 0 Å². The summed E-state index contributed by atoms with van der Waals surface area (Å²) in [6.45, 7) is 12.6. The van der Waals surface area contributed by atoms with Crippen molar-refractivity contribution in [2.24, 2.45) is 34.8 Å². The summed E-state index contributed by atoms with van der Waals surface area (Å²) in [6.07, 6.45) is 13.5. The van der Waals surface area contributed by atoms with Gasteiger partial charge in [-0.25, -0.2) is 4.79 Å². The first-order valence-corrected chi connectivity index (χ1v) is 18.0. The molecule has 0 bridgehead atoms. The van der Waals surface area contributed by atoms with Crippen LogP contribution in [0.2, 0.25) is 0 Å². The first-order chi connectivity index (χ1) is 21.2. The molecule has 1 aromatic rings. The fourth-order valence-electron chi connectivity index (χ4n) is 9.98. The summed E-state index contributed by atoms with van der Waals surface area (Å²) in [4.78, 5) is 30.6. The number of hydrogen-bond donors (Lipinski definition) is 1. The number of amides is 1. The molecule has 2 heterocycles. The van der Waals surface area contributed by atoms with Crippen molar-refractivity contribution in [1.82, 2.24) is 9.80 Å². The van der Waals surface area contributed by atoms with E-state index >= 15 is 0 Å². The zero-order valence-electron chi connectivity index (χ0n) is 27.8. The largest absolute Gasteiger partial charge is 0.461 e. The number of piperidine rings is 2. The molecule has 2 N–H and O–H groups in total. The number of carbonyl (C=O) groups is 2. The molecule has 0 spiro atoms. The Morgan fingerprint density at radius 1 is 1.02 bits per heavy atom. The Bertz CT molecular complexity index is 1170. The molecule has 2 aliphatic heterocycles. The highest BCUT2D eigenvalue weighted by Gasteiger charge is 2.58. The molecule has 0 unspecified atom stereocenters. The Hall–Kier alpha value is -2.12. The number of likely N-dealkylation sites (tertiary alicyclic amines) is 2. The Morgan fingerprint density at radius 2 is 1.77 bits per heavy atom. The molecule has 3 aliphatic carbocycles. The molecule has 44 heavy (non-hydrogen) atoms. The van der Waals surface area contributed by atoms with Crippen LogP contribution in [0.1, 0.15) is 115 Å². The normalized spacial score (nSPS) is 33.3. The van der Waals surface area contributed by atoms with Crippen molar-refractivity contribution in [3.8, 4) is 5.75 Å². The fraction of sp³-hybridized carbons (Fsp3) is 0.784. The van der Waals surface area contributed by atoms with E-state index in [0.717, 1.165) is 64.5 Å². The lowest BCUT2D eigenvalue weighted by molar-refractivity contribution is -0.160. The predicted molar refractivity (Wildman–Crippen MR) is 174 cm³/mol. The molecule has 6 rings (SSSR count). The third-order valence-electron chi connectivity index (χ3n) is 12.5. The molecule has 7 heteroatoms. The second kappa shape index (κ2) is 13.3. The summed E-state index contributed by atoms with van der Waals surface area (Å²) in [5, 5.41) is 0. The van der Waals surface area contributed by atoms with Gasteiger partial charge in [0.25, 0.3) is 0 Å². The summed E-state index contributed by atoms with van der Waals surface area (Å²) < 4.78 is 12.2. The highest BCUT2D eigenvalue weighted by molar-refractivity contribution is 5.76. The van der Waals surface area contributed by atoms with Crippen molar-refractivity contribution in [2.45, 2.75) is 129 Å². The van der Waals surface area contributed by atoms with Gasteiger partial charge in [-0.1, -0.05) is 53.0 Å². The molecule has 7 nitrogen and oxygen atoms in total. The van der Waals surface area contributed by atoms with Crippen molar-refractivity contribution in [2.75, 3.05) is 26.2 Å². The van der Waals surface area contributed by atoms with Gasteiger partial charge in [-0.05, 0) is 124 Å². The average Bonchev–Trinajstić information content (AvgIpc) is 3.36. The number of carbonyl (C=O) groups excluding carboxylic acids is 2. The summed E-state index contributed by atoms with van der Waals surface area (Å²) in [5.74, 6) is 2.78. The number of rotatable bonds is 7. The van der Waals surface area contributed by atoms with Gasteiger partial charge in [-0.2, -0.15) is 0 Å². The number of ether oxygens (including phenoxy) is 2. The molecular formula is C37H57N3O4. The minimum atomic E-state index is -0.557. The number of nitrogens with zero attached hydrogens (tertiary/aromatic N) is 2. The SMILES string of the molecule is CCC[C@@H]1Cc2cc(OC(=O)N3CCC(N4CCCCC4)CC3)ccc2[C@H]2CC[C@]3(C)[C@@H](OC(=O)[C@H](N)C(C)C)CC[C@H]3[C@H]12. The lowest BCUT2D eigenvalue weighted by atomic mass is 9.52. The molecule has 244 valence electrons. The molecule has 4 fully saturated rings. The van der Waals surface area contributed by atoms with Crippen LogP contribution in [0.5, 0.6) is 5.75 Å². The Balaban J connectivity index is 1.12. The van der Waals surface area contributed by atoms with Crippen LogP contribution in [0.3, 0.4) is 0 Å². The predicted octanol–water partition coefficient (Wildman–Crippen LogP) is 6.91. The smallest absolute Gasteiger partial charge is 0.415 e. The summed E-state index contributed by atoms with van der Waals surface area (Å²) in [7, 11) is 0. The number of fused-ring (bicyclic) bond motifs is 5. The molecule has 2 saturated heterocycles. The second-order valence-corrected chi connectivity index (χ2v) is 15.4.